The first-order valence-corrected chi connectivity index (χ1v) is 4.90. The maximum atomic E-state index is 5.89. The lowest BCUT2D eigenvalue weighted by Crippen LogP contribution is -2.21. The van der Waals surface area contributed by atoms with Crippen LogP contribution in [0.5, 0.6) is 0 Å². The Morgan fingerprint density at radius 2 is 2.30 bits per heavy atom. The normalized spacial score (nSPS) is 16.6. The highest BCUT2D eigenvalue weighted by Crippen LogP contribution is 2.11. The number of hydrogen-bond donors (Lipinski definition) is 0. The van der Waals surface area contributed by atoms with Gasteiger partial charge in [0.1, 0.15) is 10.5 Å². The summed E-state index contributed by atoms with van der Waals surface area (Å²) in [5.41, 5.74) is 0. The van der Waals surface area contributed by atoms with Gasteiger partial charge >= 0.3 is 0 Å². The van der Waals surface area contributed by atoms with Gasteiger partial charge in [-0.25, -0.2) is 0 Å². The molecule has 0 aromatic carbocycles. The van der Waals surface area contributed by atoms with Crippen molar-refractivity contribution in [1.82, 2.24) is 0 Å². The molecule has 0 aromatic rings. The van der Waals surface area contributed by atoms with Crippen LogP contribution >= 0.6 is 23.2 Å². The van der Waals surface area contributed by atoms with E-state index >= 15 is 0 Å². The molecule has 0 heterocycles. The van der Waals surface area contributed by atoms with Gasteiger partial charge in [-0.2, -0.15) is 0 Å². The van der Waals surface area contributed by atoms with E-state index in [1.807, 2.05) is 0 Å². The third kappa shape index (κ3) is 3.61. The minimum absolute atomic E-state index is 0.0208. The van der Waals surface area contributed by atoms with Crippen LogP contribution in [-0.2, 0) is 4.43 Å². The summed E-state index contributed by atoms with van der Waals surface area (Å²) in [6, 6.07) is 0. The van der Waals surface area contributed by atoms with Crippen LogP contribution < -0.4 is 0 Å². The summed E-state index contributed by atoms with van der Waals surface area (Å²) < 4.78 is 5.14. The van der Waals surface area contributed by atoms with E-state index in [2.05, 4.69) is 6.58 Å². The Balaban J connectivity index is 3.63. The molecule has 0 fully saturated rings. The quantitative estimate of drug-likeness (QED) is 0.365. The monoisotopic (exact) mass is 198 g/mol. The van der Waals surface area contributed by atoms with E-state index in [0.717, 1.165) is 6.42 Å². The molecule has 0 saturated carbocycles. The van der Waals surface area contributed by atoms with Crippen LogP contribution in [0.2, 0.25) is 0 Å². The van der Waals surface area contributed by atoms with Gasteiger partial charge in [-0.15, -0.1) is 29.8 Å². The van der Waals surface area contributed by atoms with Crippen molar-refractivity contribution in [3.63, 3.8) is 0 Å². The van der Waals surface area contributed by atoms with Gasteiger partial charge in [0.25, 0.3) is 0 Å². The van der Waals surface area contributed by atoms with Gasteiger partial charge in [-0.1, -0.05) is 6.08 Å². The van der Waals surface area contributed by atoms with Crippen molar-refractivity contribution in [1.29, 1.82) is 0 Å². The van der Waals surface area contributed by atoms with Crippen molar-refractivity contribution in [2.75, 3.05) is 5.88 Å². The van der Waals surface area contributed by atoms with Crippen LogP contribution in [0.3, 0.4) is 0 Å². The van der Waals surface area contributed by atoms with Crippen molar-refractivity contribution in [2.45, 2.75) is 17.9 Å². The third-order valence-electron chi connectivity index (χ3n) is 1.25. The Morgan fingerprint density at radius 1 is 1.70 bits per heavy atom. The lowest BCUT2D eigenvalue weighted by molar-refractivity contribution is 0.265. The van der Waals surface area contributed by atoms with Gasteiger partial charge in [-0.05, 0) is 6.42 Å². The number of halogens is 2. The molecule has 0 aliphatic rings. The molecule has 0 aliphatic carbocycles. The largest absolute Gasteiger partial charge is 0.420 e. The Hall–Kier alpha value is 0.497. The molecule has 0 radical (unpaired) electrons. The average Bonchev–Trinajstić information content (AvgIpc) is 1.91. The summed E-state index contributed by atoms with van der Waals surface area (Å²) in [4.78, 5) is 0. The Kier molecular flexibility index (Phi) is 6.53. The van der Waals surface area contributed by atoms with Crippen molar-refractivity contribution in [3.8, 4) is 0 Å². The number of rotatable bonds is 5. The Morgan fingerprint density at radius 3 is 2.60 bits per heavy atom. The second-order valence-electron chi connectivity index (χ2n) is 1.93. The molecular formula is C6H12Cl2OSi. The van der Waals surface area contributed by atoms with Crippen molar-refractivity contribution in [3.05, 3.63) is 12.7 Å². The highest BCUT2D eigenvalue weighted by Gasteiger charge is 2.13. The minimum Gasteiger partial charge on any atom is -0.420 e. The van der Waals surface area contributed by atoms with E-state index in [4.69, 9.17) is 27.6 Å². The first-order valence-electron chi connectivity index (χ1n) is 3.11. The fourth-order valence-electron chi connectivity index (χ4n) is 0.660. The predicted octanol–water partition coefficient (Wildman–Crippen LogP) is 1.07. The van der Waals surface area contributed by atoms with Gasteiger partial charge in [0.05, 0.1) is 11.5 Å². The summed E-state index contributed by atoms with van der Waals surface area (Å²) in [5.74, 6) is 0.573. The summed E-state index contributed by atoms with van der Waals surface area (Å²) in [7, 11) is 0.688. The van der Waals surface area contributed by atoms with E-state index in [0.29, 0.717) is 16.4 Å². The molecule has 0 bridgehead atoms. The lowest BCUT2D eigenvalue weighted by atomic mass is 10.2. The van der Waals surface area contributed by atoms with Gasteiger partial charge in [0.15, 0.2) is 0 Å². The van der Waals surface area contributed by atoms with E-state index < -0.39 is 0 Å². The second kappa shape index (κ2) is 6.22. The molecule has 2 atom stereocenters. The first kappa shape index (κ1) is 10.5. The van der Waals surface area contributed by atoms with Crippen molar-refractivity contribution >= 4 is 33.7 Å². The molecule has 0 saturated heterocycles. The van der Waals surface area contributed by atoms with Gasteiger partial charge in [0, 0.05) is 5.88 Å². The van der Waals surface area contributed by atoms with Crippen LogP contribution in [0.4, 0.5) is 0 Å². The van der Waals surface area contributed by atoms with Crippen LogP contribution in [0.25, 0.3) is 0 Å². The molecule has 0 aromatic heterocycles. The maximum Gasteiger partial charge on any atom is 0.146 e. The van der Waals surface area contributed by atoms with E-state index in [1.165, 1.54) is 0 Å². The molecule has 0 rings (SSSR count). The summed E-state index contributed by atoms with van der Waals surface area (Å²) in [6.45, 7) is 3.60. The van der Waals surface area contributed by atoms with Crippen molar-refractivity contribution < 1.29 is 4.43 Å². The zero-order valence-corrected chi connectivity index (χ0v) is 9.53. The van der Waals surface area contributed by atoms with Crippen molar-refractivity contribution in [2.24, 2.45) is 0 Å². The molecule has 2 unspecified atom stereocenters. The SMILES string of the molecule is C=CC(O[SiH3])C(Cl)CCCl. The van der Waals surface area contributed by atoms with E-state index in [9.17, 15) is 0 Å². The van der Waals surface area contributed by atoms with E-state index in [1.54, 1.807) is 6.08 Å². The Labute approximate surface area is 74.9 Å². The zero-order valence-electron chi connectivity index (χ0n) is 6.02. The van der Waals surface area contributed by atoms with Gasteiger partial charge in [-0.3, -0.25) is 0 Å². The third-order valence-corrected chi connectivity index (χ3v) is 2.47. The topological polar surface area (TPSA) is 9.23 Å². The maximum absolute atomic E-state index is 5.89. The highest BCUT2D eigenvalue weighted by atomic mass is 35.5. The molecule has 0 N–H and O–H groups in total. The standard InChI is InChI=1S/C6H12Cl2OSi/c1-2-6(9-10)5(8)3-4-7/h2,5-6H,1,3-4H2,10H3. The molecule has 10 heavy (non-hydrogen) atoms. The fraction of sp³-hybridized carbons (Fsp3) is 0.667. The molecule has 60 valence electrons. The van der Waals surface area contributed by atoms with Gasteiger partial charge < -0.3 is 4.43 Å². The molecule has 1 nitrogen and oxygen atoms in total. The smallest absolute Gasteiger partial charge is 0.146 e. The zero-order chi connectivity index (χ0) is 7.98. The van der Waals surface area contributed by atoms with Gasteiger partial charge in [0.2, 0.25) is 0 Å². The summed E-state index contributed by atoms with van der Waals surface area (Å²) in [6.07, 6.45) is 2.46. The number of hydrogen-bond acceptors (Lipinski definition) is 1. The number of alkyl halides is 2. The second-order valence-corrected chi connectivity index (χ2v) is 3.34. The highest BCUT2D eigenvalue weighted by molar-refractivity contribution is 6.22. The molecule has 0 spiro atoms. The fourth-order valence-corrected chi connectivity index (χ4v) is 2.02. The van der Waals surface area contributed by atoms with Crippen LogP contribution in [0.1, 0.15) is 6.42 Å². The van der Waals surface area contributed by atoms with E-state index in [-0.39, 0.29) is 11.5 Å². The first-order chi connectivity index (χ1) is 4.76. The summed E-state index contributed by atoms with van der Waals surface area (Å²) in [5, 5.41) is -0.0208. The lowest BCUT2D eigenvalue weighted by Gasteiger charge is -2.15. The predicted molar refractivity (Wildman–Crippen MR) is 50.0 cm³/mol. The molecule has 0 amide bonds. The van der Waals surface area contributed by atoms with Crippen LogP contribution in [0, 0.1) is 0 Å². The molecule has 0 aliphatic heterocycles. The summed E-state index contributed by atoms with van der Waals surface area (Å²) >= 11 is 11.4. The average molecular weight is 199 g/mol. The Bertz CT molecular complexity index is 99.7. The molecule has 4 heteroatoms. The minimum atomic E-state index is -0.0212. The van der Waals surface area contributed by atoms with Crippen LogP contribution in [-0.4, -0.2) is 27.8 Å². The van der Waals surface area contributed by atoms with Crippen LogP contribution in [0.15, 0.2) is 12.7 Å². The molecular weight excluding hydrogens is 187 g/mol.